The molecule has 0 saturated carbocycles. The fourth-order valence-electron chi connectivity index (χ4n) is 3.88. The minimum Gasteiger partial charge on any atom is -1.00 e. The fourth-order valence-corrected chi connectivity index (χ4v) is 3.88. The van der Waals surface area contributed by atoms with Crippen LogP contribution in [0.25, 0.3) is 0 Å². The zero-order valence-corrected chi connectivity index (χ0v) is 14.9. The summed E-state index contributed by atoms with van der Waals surface area (Å²) in [5, 5.41) is 0. The Hall–Kier alpha value is -1.57. The summed E-state index contributed by atoms with van der Waals surface area (Å²) in [6.45, 7) is 0.945. The predicted molar refractivity (Wildman–Crippen MR) is 85.2 cm³/mol. The highest BCUT2D eigenvalue weighted by Crippen LogP contribution is 2.41. The van der Waals surface area contributed by atoms with Crippen LogP contribution in [0.3, 0.4) is 0 Å². The average molecular weight is 338 g/mol. The molecule has 2 bridgehead atoms. The van der Waals surface area contributed by atoms with E-state index in [4.69, 9.17) is 14.2 Å². The third kappa shape index (κ3) is 2.96. The molecule has 0 aliphatic carbocycles. The highest BCUT2D eigenvalue weighted by Gasteiger charge is 2.46. The van der Waals surface area contributed by atoms with E-state index < -0.39 is 0 Å². The minimum atomic E-state index is 0. The summed E-state index contributed by atoms with van der Waals surface area (Å²) in [6, 6.07) is 5.22. The molecule has 1 aromatic rings. The lowest BCUT2D eigenvalue weighted by Crippen LogP contribution is -3.00. The van der Waals surface area contributed by atoms with Gasteiger partial charge in [-0.2, -0.15) is 0 Å². The molecular weight excluding hydrogens is 314 g/mol. The van der Waals surface area contributed by atoms with E-state index in [1.807, 2.05) is 0 Å². The van der Waals surface area contributed by atoms with Gasteiger partial charge in [-0.25, -0.2) is 0 Å². The Morgan fingerprint density at radius 1 is 1.09 bits per heavy atom. The van der Waals surface area contributed by atoms with E-state index >= 15 is 0 Å². The zero-order valence-electron chi connectivity index (χ0n) is 14.2. The van der Waals surface area contributed by atoms with Crippen molar-refractivity contribution < 1.29 is 31.1 Å². The van der Waals surface area contributed by atoms with Gasteiger partial charge >= 0.3 is 0 Å². The SMILES string of the molecule is COc1cc(C[N+]2(C)[C@@H]3CC#C[C@H]2CC3)cc(OC)c1OC.[Cl-]. The van der Waals surface area contributed by atoms with Crippen molar-refractivity contribution in [1.82, 2.24) is 0 Å². The Morgan fingerprint density at radius 2 is 1.74 bits per heavy atom. The van der Waals surface area contributed by atoms with Crippen molar-refractivity contribution in [3.05, 3.63) is 17.7 Å². The van der Waals surface area contributed by atoms with Gasteiger partial charge in [0.2, 0.25) is 5.75 Å². The summed E-state index contributed by atoms with van der Waals surface area (Å²) in [5.41, 5.74) is 1.21. The molecule has 2 aliphatic rings. The minimum absolute atomic E-state index is 0. The molecule has 3 rings (SSSR count). The van der Waals surface area contributed by atoms with Gasteiger partial charge in [0, 0.05) is 18.4 Å². The average Bonchev–Trinajstić information content (AvgIpc) is 2.73. The molecule has 3 atom stereocenters. The van der Waals surface area contributed by atoms with E-state index in [0.29, 0.717) is 17.8 Å². The molecule has 1 fully saturated rings. The van der Waals surface area contributed by atoms with Crippen LogP contribution in [0.1, 0.15) is 24.8 Å². The first-order valence-corrected chi connectivity index (χ1v) is 7.74. The molecule has 23 heavy (non-hydrogen) atoms. The molecule has 0 spiro atoms. The van der Waals surface area contributed by atoms with Gasteiger partial charge in [0.05, 0.1) is 34.8 Å². The van der Waals surface area contributed by atoms with E-state index in [-0.39, 0.29) is 12.4 Å². The Morgan fingerprint density at radius 3 is 2.26 bits per heavy atom. The first-order valence-electron chi connectivity index (χ1n) is 7.74. The third-order valence-electron chi connectivity index (χ3n) is 5.17. The number of benzene rings is 1. The number of halogens is 1. The van der Waals surface area contributed by atoms with Gasteiger partial charge in [-0.15, -0.1) is 0 Å². The molecule has 4 nitrogen and oxygen atoms in total. The van der Waals surface area contributed by atoms with Crippen molar-refractivity contribution in [2.45, 2.75) is 37.9 Å². The molecule has 2 aliphatic heterocycles. The molecule has 1 aromatic carbocycles. The second kappa shape index (κ2) is 6.90. The number of nitrogens with zero attached hydrogens (tertiary/aromatic N) is 1. The van der Waals surface area contributed by atoms with Crippen molar-refractivity contribution in [2.24, 2.45) is 0 Å². The number of fused-ring (bicyclic) bond motifs is 2. The van der Waals surface area contributed by atoms with E-state index in [9.17, 15) is 0 Å². The maximum absolute atomic E-state index is 5.47. The monoisotopic (exact) mass is 337 g/mol. The largest absolute Gasteiger partial charge is 1.00 e. The summed E-state index contributed by atoms with van der Waals surface area (Å²) < 4.78 is 17.4. The summed E-state index contributed by atoms with van der Waals surface area (Å²) in [7, 11) is 7.29. The second-order valence-corrected chi connectivity index (χ2v) is 6.31. The molecule has 0 aromatic heterocycles. The van der Waals surface area contributed by atoms with Gasteiger partial charge < -0.3 is 31.1 Å². The van der Waals surface area contributed by atoms with Crippen LogP contribution in [-0.4, -0.2) is 44.9 Å². The van der Waals surface area contributed by atoms with E-state index in [0.717, 1.165) is 28.9 Å². The lowest BCUT2D eigenvalue weighted by molar-refractivity contribution is -0.949. The van der Waals surface area contributed by atoms with Crippen molar-refractivity contribution in [3.8, 4) is 29.1 Å². The Kier molecular flexibility index (Phi) is 5.33. The Balaban J connectivity index is 0.00000192. The summed E-state index contributed by atoms with van der Waals surface area (Å²) in [5.74, 6) is 8.85. The first kappa shape index (κ1) is 17.8. The molecular formula is C18H24ClNO3. The molecule has 0 radical (unpaired) electrons. The fraction of sp³-hybridized carbons (Fsp3) is 0.556. The van der Waals surface area contributed by atoms with Crippen LogP contribution in [0.4, 0.5) is 0 Å². The second-order valence-electron chi connectivity index (χ2n) is 6.31. The molecule has 2 heterocycles. The van der Waals surface area contributed by atoms with E-state index in [1.54, 1.807) is 21.3 Å². The summed E-state index contributed by atoms with van der Waals surface area (Å²) >= 11 is 0. The van der Waals surface area contributed by atoms with Crippen LogP contribution >= 0.6 is 0 Å². The number of methoxy groups -OCH3 is 3. The van der Waals surface area contributed by atoms with Gasteiger partial charge in [-0.1, -0.05) is 5.92 Å². The van der Waals surface area contributed by atoms with Gasteiger partial charge in [0.15, 0.2) is 17.5 Å². The molecule has 1 unspecified atom stereocenters. The van der Waals surface area contributed by atoms with Crippen molar-refractivity contribution >= 4 is 0 Å². The van der Waals surface area contributed by atoms with Gasteiger partial charge in [-0.05, 0) is 18.1 Å². The van der Waals surface area contributed by atoms with E-state index in [1.165, 1.54) is 18.4 Å². The topological polar surface area (TPSA) is 27.7 Å². The maximum Gasteiger partial charge on any atom is 0.203 e. The lowest BCUT2D eigenvalue weighted by atomic mass is 10.0. The zero-order chi connectivity index (χ0) is 15.7. The highest BCUT2D eigenvalue weighted by molar-refractivity contribution is 5.53. The summed E-state index contributed by atoms with van der Waals surface area (Å²) in [4.78, 5) is 0. The van der Waals surface area contributed by atoms with Crippen LogP contribution in [0, 0.1) is 11.8 Å². The number of hydrogen-bond acceptors (Lipinski definition) is 3. The summed E-state index contributed by atoms with van der Waals surface area (Å²) in [6.07, 6.45) is 3.47. The van der Waals surface area contributed by atoms with Crippen molar-refractivity contribution in [1.29, 1.82) is 0 Å². The Bertz CT molecular complexity index is 612. The van der Waals surface area contributed by atoms with Crippen molar-refractivity contribution in [3.63, 3.8) is 0 Å². The number of hydrogen-bond donors (Lipinski definition) is 0. The van der Waals surface area contributed by atoms with Gasteiger partial charge in [0.1, 0.15) is 12.6 Å². The van der Waals surface area contributed by atoms with Gasteiger partial charge in [-0.3, -0.25) is 0 Å². The lowest BCUT2D eigenvalue weighted by Gasteiger charge is -2.40. The molecule has 126 valence electrons. The number of ether oxygens (including phenoxy) is 3. The Labute approximate surface area is 144 Å². The molecule has 1 saturated heterocycles. The van der Waals surface area contributed by atoms with Gasteiger partial charge in [0.25, 0.3) is 0 Å². The van der Waals surface area contributed by atoms with Crippen LogP contribution in [0.5, 0.6) is 17.2 Å². The molecule has 0 N–H and O–H groups in total. The number of quaternary nitrogens is 1. The third-order valence-corrected chi connectivity index (χ3v) is 5.17. The molecule has 0 amide bonds. The standard InChI is InChI=1S/C18H24NO3.ClH/c1-19(14-6-5-7-15(19)9-8-14)12-13-10-16(20-2)18(22-4)17(11-13)21-3;/h10-11,14-15H,6,8-9,12H2,1-4H3;1H/q+1;/p-1/t14-,15+,19?;/m1./s1. The van der Waals surface area contributed by atoms with Crippen LogP contribution in [0.2, 0.25) is 0 Å². The van der Waals surface area contributed by atoms with E-state index in [2.05, 4.69) is 31.0 Å². The quantitative estimate of drug-likeness (QED) is 0.540. The molecule has 5 heteroatoms. The van der Waals surface area contributed by atoms with Crippen LogP contribution < -0.4 is 26.6 Å². The van der Waals surface area contributed by atoms with Crippen molar-refractivity contribution in [2.75, 3.05) is 28.4 Å². The highest BCUT2D eigenvalue weighted by atomic mass is 35.5. The normalized spacial score (nSPS) is 27.5. The van der Waals surface area contributed by atoms with Crippen LogP contribution in [0.15, 0.2) is 12.1 Å². The predicted octanol–water partition coefficient (Wildman–Crippen LogP) is -0.399. The number of rotatable bonds is 5. The smallest absolute Gasteiger partial charge is 0.203 e. The van der Waals surface area contributed by atoms with Crippen LogP contribution in [-0.2, 0) is 6.54 Å². The maximum atomic E-state index is 5.47. The first-order chi connectivity index (χ1) is 10.6.